The van der Waals surface area contributed by atoms with E-state index in [0.29, 0.717) is 0 Å². The molecule has 0 bridgehead atoms. The number of carbonyl (C=O) groups excluding carboxylic acids is 1. The molecular weight excluding hydrogens is 436 g/mol. The van der Waals surface area contributed by atoms with Crippen molar-refractivity contribution in [2.45, 2.75) is 23.8 Å². The van der Waals surface area contributed by atoms with E-state index in [4.69, 9.17) is 0 Å². The van der Waals surface area contributed by atoms with Crippen LogP contribution in [-0.2, 0) is 21.4 Å². The van der Waals surface area contributed by atoms with Gasteiger partial charge in [0, 0.05) is 48.3 Å². The molecule has 0 aliphatic heterocycles. The Morgan fingerprint density at radius 1 is 0.939 bits per heavy atom. The van der Waals surface area contributed by atoms with Crippen LogP contribution in [0.2, 0.25) is 0 Å². The van der Waals surface area contributed by atoms with Crippen LogP contribution in [0.25, 0.3) is 10.8 Å². The SMILES string of the molecule is O=C(Nc1ccc2cnccc2c1)[C@@H]1CC1c1ccc(S(=O)(=O)NCc2cccnc2)cc1. The molecule has 166 valence electrons. The van der Waals surface area contributed by atoms with E-state index in [1.807, 2.05) is 30.3 Å². The maximum Gasteiger partial charge on any atom is 0.240 e. The zero-order valence-corrected chi connectivity index (χ0v) is 18.5. The minimum absolute atomic E-state index is 0.0248. The van der Waals surface area contributed by atoms with Crippen molar-refractivity contribution >= 4 is 32.4 Å². The van der Waals surface area contributed by atoms with Crippen LogP contribution >= 0.6 is 0 Å². The van der Waals surface area contributed by atoms with Gasteiger partial charge in [-0.25, -0.2) is 13.1 Å². The molecule has 2 aromatic heterocycles. The first kappa shape index (κ1) is 21.2. The molecule has 2 heterocycles. The fourth-order valence-electron chi connectivity index (χ4n) is 3.91. The third-order valence-electron chi connectivity index (χ3n) is 5.84. The Kier molecular flexibility index (Phi) is 5.62. The van der Waals surface area contributed by atoms with Crippen LogP contribution in [0.5, 0.6) is 0 Å². The predicted octanol–water partition coefficient (Wildman–Crippen LogP) is 3.85. The molecule has 2 aromatic carbocycles. The number of benzene rings is 2. The van der Waals surface area contributed by atoms with Crippen LogP contribution in [0.15, 0.2) is 90.3 Å². The van der Waals surface area contributed by atoms with E-state index in [2.05, 4.69) is 20.0 Å². The van der Waals surface area contributed by atoms with E-state index >= 15 is 0 Å². The molecule has 1 aliphatic carbocycles. The van der Waals surface area contributed by atoms with E-state index in [-0.39, 0.29) is 29.2 Å². The molecule has 1 unspecified atom stereocenters. The number of hydrogen-bond acceptors (Lipinski definition) is 5. The summed E-state index contributed by atoms with van der Waals surface area (Å²) < 4.78 is 27.7. The maximum absolute atomic E-state index is 12.7. The Labute approximate surface area is 192 Å². The van der Waals surface area contributed by atoms with E-state index in [0.717, 1.165) is 34.0 Å². The topological polar surface area (TPSA) is 101 Å². The number of nitrogens with zero attached hydrogens (tertiary/aromatic N) is 2. The highest BCUT2D eigenvalue weighted by molar-refractivity contribution is 7.89. The lowest BCUT2D eigenvalue weighted by Crippen LogP contribution is -2.23. The van der Waals surface area contributed by atoms with E-state index in [1.165, 1.54) is 0 Å². The first-order chi connectivity index (χ1) is 16.0. The number of carbonyl (C=O) groups is 1. The van der Waals surface area contributed by atoms with Crippen molar-refractivity contribution in [1.82, 2.24) is 14.7 Å². The minimum atomic E-state index is -3.63. The monoisotopic (exact) mass is 458 g/mol. The molecule has 1 aliphatic rings. The molecule has 2 N–H and O–H groups in total. The molecule has 33 heavy (non-hydrogen) atoms. The van der Waals surface area contributed by atoms with Crippen LogP contribution in [0, 0.1) is 5.92 Å². The van der Waals surface area contributed by atoms with Gasteiger partial charge in [-0.15, -0.1) is 0 Å². The average molecular weight is 459 g/mol. The number of nitrogens with one attached hydrogen (secondary N) is 2. The van der Waals surface area contributed by atoms with Gasteiger partial charge in [-0.2, -0.15) is 0 Å². The highest BCUT2D eigenvalue weighted by atomic mass is 32.2. The predicted molar refractivity (Wildman–Crippen MR) is 126 cm³/mol. The summed E-state index contributed by atoms with van der Waals surface area (Å²) in [5.41, 5.74) is 2.50. The lowest BCUT2D eigenvalue weighted by atomic mass is 10.1. The Balaban J connectivity index is 1.20. The molecule has 0 saturated heterocycles. The van der Waals surface area contributed by atoms with Gasteiger partial charge in [0.2, 0.25) is 15.9 Å². The number of fused-ring (bicyclic) bond motifs is 1. The highest BCUT2D eigenvalue weighted by Gasteiger charge is 2.44. The summed E-state index contributed by atoms with van der Waals surface area (Å²) in [5, 5.41) is 5.03. The molecule has 2 atom stereocenters. The molecule has 8 heteroatoms. The summed E-state index contributed by atoms with van der Waals surface area (Å²) in [5.74, 6) is -0.0534. The van der Waals surface area contributed by atoms with Gasteiger partial charge in [0.15, 0.2) is 0 Å². The molecule has 1 amide bonds. The van der Waals surface area contributed by atoms with Crippen LogP contribution in [0.4, 0.5) is 5.69 Å². The average Bonchev–Trinajstić information content (AvgIpc) is 3.65. The second kappa shape index (κ2) is 8.73. The molecule has 7 nitrogen and oxygen atoms in total. The smallest absolute Gasteiger partial charge is 0.240 e. The number of rotatable bonds is 7. The van der Waals surface area contributed by atoms with E-state index in [1.54, 1.807) is 55.1 Å². The zero-order valence-electron chi connectivity index (χ0n) is 17.7. The summed E-state index contributed by atoms with van der Waals surface area (Å²) in [7, 11) is -3.63. The van der Waals surface area contributed by atoms with Crippen molar-refractivity contribution < 1.29 is 13.2 Å². The second-order valence-corrected chi connectivity index (χ2v) is 9.90. The fourth-order valence-corrected chi connectivity index (χ4v) is 4.93. The van der Waals surface area contributed by atoms with Crippen molar-refractivity contribution in [1.29, 1.82) is 0 Å². The van der Waals surface area contributed by atoms with Gasteiger partial charge in [0.05, 0.1) is 4.90 Å². The van der Waals surface area contributed by atoms with Gasteiger partial charge >= 0.3 is 0 Å². The first-order valence-electron chi connectivity index (χ1n) is 10.6. The molecular formula is C25H22N4O3S. The molecule has 0 radical (unpaired) electrons. The third-order valence-corrected chi connectivity index (χ3v) is 7.26. The summed E-state index contributed by atoms with van der Waals surface area (Å²) in [6, 6.07) is 18.0. The summed E-state index contributed by atoms with van der Waals surface area (Å²) in [6.07, 6.45) is 7.52. The van der Waals surface area contributed by atoms with E-state index < -0.39 is 10.0 Å². The largest absolute Gasteiger partial charge is 0.326 e. The van der Waals surface area contributed by atoms with Gasteiger partial charge in [0.1, 0.15) is 0 Å². The Morgan fingerprint density at radius 2 is 1.76 bits per heavy atom. The quantitative estimate of drug-likeness (QED) is 0.438. The van der Waals surface area contributed by atoms with Crippen LogP contribution < -0.4 is 10.0 Å². The van der Waals surface area contributed by atoms with Crippen molar-refractivity contribution in [3.8, 4) is 0 Å². The van der Waals surface area contributed by atoms with Crippen LogP contribution in [0.3, 0.4) is 0 Å². The fraction of sp³-hybridized carbons (Fsp3) is 0.160. The van der Waals surface area contributed by atoms with Crippen LogP contribution in [-0.4, -0.2) is 24.3 Å². The Morgan fingerprint density at radius 3 is 2.55 bits per heavy atom. The number of amides is 1. The van der Waals surface area contributed by atoms with Crippen molar-refractivity contribution in [2.24, 2.45) is 5.92 Å². The number of aromatic nitrogens is 2. The highest BCUT2D eigenvalue weighted by Crippen LogP contribution is 2.48. The lowest BCUT2D eigenvalue weighted by molar-refractivity contribution is -0.117. The Hall–Kier alpha value is -3.62. The van der Waals surface area contributed by atoms with Gasteiger partial charge in [-0.05, 0) is 65.3 Å². The normalized spacial score (nSPS) is 17.6. The summed E-state index contributed by atoms with van der Waals surface area (Å²) in [4.78, 5) is 21.0. The summed E-state index contributed by atoms with van der Waals surface area (Å²) >= 11 is 0. The van der Waals surface area contributed by atoms with Gasteiger partial charge in [0.25, 0.3) is 0 Å². The van der Waals surface area contributed by atoms with Gasteiger partial charge < -0.3 is 5.32 Å². The van der Waals surface area contributed by atoms with Crippen molar-refractivity contribution in [2.75, 3.05) is 5.32 Å². The van der Waals surface area contributed by atoms with Crippen molar-refractivity contribution in [3.05, 3.63) is 96.6 Å². The standard InChI is InChI=1S/C25H22N4O3S/c30-25(29-21-6-3-20-16-27-11-9-19(20)12-21)24-13-23(24)18-4-7-22(8-5-18)33(31,32)28-15-17-2-1-10-26-14-17/h1-12,14,16,23-24,28H,13,15H2,(H,29,30)/t23?,24-/m1/s1. The molecule has 1 fully saturated rings. The minimum Gasteiger partial charge on any atom is -0.326 e. The summed E-state index contributed by atoms with van der Waals surface area (Å²) in [6.45, 7) is 0.175. The lowest BCUT2D eigenvalue weighted by Gasteiger charge is -2.08. The maximum atomic E-state index is 12.7. The molecule has 0 spiro atoms. The van der Waals surface area contributed by atoms with Crippen molar-refractivity contribution in [3.63, 3.8) is 0 Å². The number of pyridine rings is 2. The second-order valence-electron chi connectivity index (χ2n) is 8.13. The first-order valence-corrected chi connectivity index (χ1v) is 12.1. The zero-order chi connectivity index (χ0) is 22.8. The number of hydrogen-bond donors (Lipinski definition) is 2. The number of sulfonamides is 1. The molecule has 1 saturated carbocycles. The van der Waals surface area contributed by atoms with Crippen LogP contribution in [0.1, 0.15) is 23.5 Å². The molecule has 5 rings (SSSR count). The van der Waals surface area contributed by atoms with Gasteiger partial charge in [-0.3, -0.25) is 14.8 Å². The van der Waals surface area contributed by atoms with Gasteiger partial charge in [-0.1, -0.05) is 24.3 Å². The Bertz CT molecular complexity index is 1410. The number of anilines is 1. The third kappa shape index (κ3) is 4.76. The van der Waals surface area contributed by atoms with E-state index in [9.17, 15) is 13.2 Å². The molecule has 4 aromatic rings.